The van der Waals surface area contributed by atoms with Crippen LogP contribution in [0.25, 0.3) is 0 Å². The number of hydrogen-bond acceptors (Lipinski definition) is 2. The fraction of sp³-hybridized carbons (Fsp3) is 0.222. The summed E-state index contributed by atoms with van der Waals surface area (Å²) in [5, 5.41) is 1.04. The largest absolute Gasteiger partial charge is 0.368 e. The van der Waals surface area contributed by atoms with Crippen molar-refractivity contribution in [3.63, 3.8) is 0 Å². The van der Waals surface area contributed by atoms with Gasteiger partial charge in [0.05, 0.1) is 6.04 Å². The van der Waals surface area contributed by atoms with Gasteiger partial charge in [0.25, 0.3) is 0 Å². The van der Waals surface area contributed by atoms with Gasteiger partial charge in [0, 0.05) is 10.0 Å². The number of rotatable bonds is 3. The van der Waals surface area contributed by atoms with E-state index in [1.165, 1.54) is 0 Å². The van der Waals surface area contributed by atoms with Crippen LogP contribution in [0.3, 0.4) is 0 Å². The second-order valence-electron chi connectivity index (χ2n) is 2.99. The third-order valence-electron chi connectivity index (χ3n) is 1.74. The molecule has 0 heterocycles. The maximum absolute atomic E-state index is 10.7. The molecule has 0 aliphatic rings. The maximum atomic E-state index is 10.7. The number of benzene rings is 1. The second-order valence-corrected chi connectivity index (χ2v) is 3.86. The van der Waals surface area contributed by atoms with E-state index >= 15 is 0 Å². The third-order valence-corrected chi connectivity index (χ3v) is 2.18. The van der Waals surface area contributed by atoms with E-state index in [0.717, 1.165) is 5.56 Å². The number of halogens is 2. The third kappa shape index (κ3) is 3.18. The summed E-state index contributed by atoms with van der Waals surface area (Å²) in [6.45, 7) is 0. The van der Waals surface area contributed by atoms with Crippen LogP contribution < -0.4 is 11.5 Å². The first kappa shape index (κ1) is 11.3. The second kappa shape index (κ2) is 4.64. The summed E-state index contributed by atoms with van der Waals surface area (Å²) >= 11 is 11.5. The monoisotopic (exact) mass is 232 g/mol. The lowest BCUT2D eigenvalue weighted by Gasteiger charge is -2.07. The van der Waals surface area contributed by atoms with Crippen molar-refractivity contribution in [3.05, 3.63) is 33.8 Å². The highest BCUT2D eigenvalue weighted by Gasteiger charge is 2.10. The lowest BCUT2D eigenvalue weighted by atomic mass is 10.1. The minimum atomic E-state index is -0.704. The van der Waals surface area contributed by atoms with Crippen LogP contribution in [0.4, 0.5) is 0 Å². The molecule has 1 amide bonds. The van der Waals surface area contributed by atoms with E-state index in [1.54, 1.807) is 18.2 Å². The van der Waals surface area contributed by atoms with Crippen molar-refractivity contribution < 1.29 is 4.79 Å². The highest BCUT2D eigenvalue weighted by atomic mass is 35.5. The number of primary amides is 1. The molecular formula is C9H10Cl2N2O. The van der Waals surface area contributed by atoms with Crippen LogP contribution in [0.1, 0.15) is 5.56 Å². The molecule has 0 unspecified atom stereocenters. The van der Waals surface area contributed by atoms with E-state index in [4.69, 9.17) is 34.7 Å². The molecule has 1 rings (SSSR count). The lowest BCUT2D eigenvalue weighted by molar-refractivity contribution is -0.119. The Kier molecular flexibility index (Phi) is 3.75. The van der Waals surface area contributed by atoms with Crippen molar-refractivity contribution in [1.29, 1.82) is 0 Å². The molecule has 3 nitrogen and oxygen atoms in total. The summed E-state index contributed by atoms with van der Waals surface area (Å²) in [5.74, 6) is -0.541. The van der Waals surface area contributed by atoms with Crippen LogP contribution in [0.15, 0.2) is 18.2 Å². The number of carbonyl (C=O) groups excluding carboxylic acids is 1. The Morgan fingerprint density at radius 1 is 1.29 bits per heavy atom. The van der Waals surface area contributed by atoms with Crippen molar-refractivity contribution in [1.82, 2.24) is 0 Å². The number of amides is 1. The van der Waals surface area contributed by atoms with Gasteiger partial charge in [-0.3, -0.25) is 4.79 Å². The van der Waals surface area contributed by atoms with Crippen LogP contribution >= 0.6 is 23.2 Å². The Balaban J connectivity index is 2.81. The van der Waals surface area contributed by atoms with Crippen molar-refractivity contribution in [2.24, 2.45) is 11.5 Å². The van der Waals surface area contributed by atoms with Crippen LogP contribution in [-0.2, 0) is 11.2 Å². The van der Waals surface area contributed by atoms with Gasteiger partial charge >= 0.3 is 0 Å². The van der Waals surface area contributed by atoms with E-state index in [-0.39, 0.29) is 0 Å². The summed E-state index contributed by atoms with van der Waals surface area (Å²) in [6.07, 6.45) is 0.343. The predicted octanol–water partition coefficient (Wildman–Crippen LogP) is 1.35. The van der Waals surface area contributed by atoms with Crippen molar-refractivity contribution in [2.45, 2.75) is 12.5 Å². The molecule has 0 bridgehead atoms. The molecule has 4 N–H and O–H groups in total. The van der Waals surface area contributed by atoms with Gasteiger partial charge < -0.3 is 11.5 Å². The van der Waals surface area contributed by atoms with E-state index < -0.39 is 11.9 Å². The highest BCUT2D eigenvalue weighted by Crippen LogP contribution is 2.19. The quantitative estimate of drug-likeness (QED) is 0.827. The normalized spacial score (nSPS) is 12.5. The first-order chi connectivity index (χ1) is 6.49. The summed E-state index contributed by atoms with van der Waals surface area (Å²) in [7, 11) is 0. The minimum Gasteiger partial charge on any atom is -0.368 e. The van der Waals surface area contributed by atoms with E-state index in [2.05, 4.69) is 0 Å². The minimum absolute atomic E-state index is 0.343. The Bertz CT molecular complexity index is 334. The first-order valence-electron chi connectivity index (χ1n) is 3.99. The Hall–Kier alpha value is -0.770. The molecule has 5 heteroatoms. The molecule has 0 radical (unpaired) electrons. The molecule has 0 aliphatic carbocycles. The summed E-state index contributed by atoms with van der Waals surface area (Å²) < 4.78 is 0. The SMILES string of the molecule is NC(=O)[C@@H](N)Cc1cc(Cl)cc(Cl)c1. The zero-order valence-corrected chi connectivity index (χ0v) is 8.85. The van der Waals surface area contributed by atoms with Crippen LogP contribution in [0.5, 0.6) is 0 Å². The van der Waals surface area contributed by atoms with E-state index in [9.17, 15) is 4.79 Å². The van der Waals surface area contributed by atoms with Gasteiger partial charge in [-0.15, -0.1) is 0 Å². The fourth-order valence-corrected chi connectivity index (χ4v) is 1.65. The molecule has 1 aromatic carbocycles. The number of nitrogens with two attached hydrogens (primary N) is 2. The Morgan fingerprint density at radius 3 is 2.21 bits per heavy atom. The van der Waals surface area contributed by atoms with E-state index in [1.807, 2.05) is 0 Å². The molecule has 76 valence electrons. The smallest absolute Gasteiger partial charge is 0.234 e. The van der Waals surface area contributed by atoms with Crippen molar-refractivity contribution >= 4 is 29.1 Å². The maximum Gasteiger partial charge on any atom is 0.234 e. The number of carbonyl (C=O) groups is 1. The average molecular weight is 233 g/mol. The van der Waals surface area contributed by atoms with Crippen LogP contribution in [-0.4, -0.2) is 11.9 Å². The van der Waals surface area contributed by atoms with Gasteiger partial charge in [0.1, 0.15) is 0 Å². The van der Waals surface area contributed by atoms with Gasteiger partial charge in [-0.25, -0.2) is 0 Å². The molecule has 0 fully saturated rings. The van der Waals surface area contributed by atoms with Gasteiger partial charge in [-0.1, -0.05) is 23.2 Å². The van der Waals surface area contributed by atoms with Gasteiger partial charge in [0.2, 0.25) is 5.91 Å². The molecule has 0 saturated carbocycles. The zero-order chi connectivity index (χ0) is 10.7. The summed E-state index contributed by atoms with van der Waals surface area (Å²) in [6, 6.07) is 4.32. The molecule has 0 aromatic heterocycles. The fourth-order valence-electron chi connectivity index (χ4n) is 1.08. The Labute approximate surface area is 92.0 Å². The molecule has 1 atom stereocenters. The molecule has 0 saturated heterocycles. The van der Waals surface area contributed by atoms with Crippen molar-refractivity contribution in [3.8, 4) is 0 Å². The first-order valence-corrected chi connectivity index (χ1v) is 4.74. The van der Waals surface area contributed by atoms with Crippen molar-refractivity contribution in [2.75, 3.05) is 0 Å². The Morgan fingerprint density at radius 2 is 1.79 bits per heavy atom. The average Bonchev–Trinajstić information content (AvgIpc) is 2.01. The topological polar surface area (TPSA) is 69.1 Å². The van der Waals surface area contributed by atoms with Gasteiger partial charge in [-0.05, 0) is 30.2 Å². The molecule has 0 aliphatic heterocycles. The lowest BCUT2D eigenvalue weighted by Crippen LogP contribution is -2.38. The zero-order valence-electron chi connectivity index (χ0n) is 7.34. The summed E-state index contributed by atoms with van der Waals surface area (Å²) in [5.41, 5.74) is 11.3. The number of hydrogen-bond donors (Lipinski definition) is 2. The molecule has 1 aromatic rings. The van der Waals surface area contributed by atoms with E-state index in [0.29, 0.717) is 16.5 Å². The molecule has 14 heavy (non-hydrogen) atoms. The standard InChI is InChI=1S/C9H10Cl2N2O/c10-6-1-5(2-7(11)4-6)3-8(12)9(13)14/h1-2,4,8H,3,12H2,(H2,13,14)/t8-/m0/s1. The predicted molar refractivity (Wildman–Crippen MR) is 57.3 cm³/mol. The van der Waals surface area contributed by atoms with Crippen LogP contribution in [0.2, 0.25) is 10.0 Å². The highest BCUT2D eigenvalue weighted by molar-refractivity contribution is 6.34. The van der Waals surface area contributed by atoms with Gasteiger partial charge in [0.15, 0.2) is 0 Å². The van der Waals surface area contributed by atoms with Gasteiger partial charge in [-0.2, -0.15) is 0 Å². The molecular weight excluding hydrogens is 223 g/mol. The summed E-state index contributed by atoms with van der Waals surface area (Å²) in [4.78, 5) is 10.7. The molecule has 0 spiro atoms. The van der Waals surface area contributed by atoms with Crippen LogP contribution in [0, 0.1) is 0 Å².